The van der Waals surface area contributed by atoms with E-state index in [-0.39, 0.29) is 16.6 Å². The van der Waals surface area contributed by atoms with E-state index in [2.05, 4.69) is 21.5 Å². The summed E-state index contributed by atoms with van der Waals surface area (Å²) in [6, 6.07) is 6.72. The van der Waals surface area contributed by atoms with Crippen molar-refractivity contribution in [2.45, 2.75) is 11.8 Å². The molecule has 0 amide bonds. The number of nitrogens with zero attached hydrogens (tertiary/aromatic N) is 1. The number of rotatable bonds is 3. The third-order valence-electron chi connectivity index (χ3n) is 2.40. The van der Waals surface area contributed by atoms with Gasteiger partial charge in [-0.2, -0.15) is 0 Å². The SMILES string of the molecule is Cc1ccccc1S(=O)(=O)Nc1ncc(C#CCO)s1. The van der Waals surface area contributed by atoms with Crippen LogP contribution in [0.15, 0.2) is 35.4 Å². The van der Waals surface area contributed by atoms with Crippen LogP contribution in [0.4, 0.5) is 5.13 Å². The molecule has 0 saturated heterocycles. The molecule has 0 fully saturated rings. The Morgan fingerprint density at radius 2 is 2.15 bits per heavy atom. The Kier molecular flexibility index (Phi) is 4.39. The molecule has 0 atom stereocenters. The standard InChI is InChI=1S/C13H12N2O3S2/c1-10-5-2-3-7-12(10)20(17,18)15-13-14-9-11(19-13)6-4-8-16/h2-3,5,7,9,16H,8H2,1H3,(H,14,15). The highest BCUT2D eigenvalue weighted by molar-refractivity contribution is 7.93. The molecular formula is C13H12N2O3S2. The van der Waals surface area contributed by atoms with Gasteiger partial charge in [-0.25, -0.2) is 13.4 Å². The first-order valence-electron chi connectivity index (χ1n) is 5.67. The maximum atomic E-state index is 12.2. The van der Waals surface area contributed by atoms with Crippen molar-refractivity contribution in [3.05, 3.63) is 40.9 Å². The molecule has 104 valence electrons. The zero-order valence-corrected chi connectivity index (χ0v) is 12.3. The van der Waals surface area contributed by atoms with Crippen LogP contribution in [0, 0.1) is 18.8 Å². The van der Waals surface area contributed by atoms with Gasteiger partial charge in [0.1, 0.15) is 6.61 Å². The Hall–Kier alpha value is -1.88. The lowest BCUT2D eigenvalue weighted by Gasteiger charge is -2.07. The Labute approximate surface area is 121 Å². The highest BCUT2D eigenvalue weighted by Gasteiger charge is 2.17. The van der Waals surface area contributed by atoms with E-state index >= 15 is 0 Å². The summed E-state index contributed by atoms with van der Waals surface area (Å²) in [6.07, 6.45) is 1.46. The average molecular weight is 308 g/mol. The smallest absolute Gasteiger partial charge is 0.263 e. The molecule has 1 aromatic carbocycles. The van der Waals surface area contributed by atoms with E-state index < -0.39 is 10.0 Å². The number of hydrogen-bond acceptors (Lipinski definition) is 5. The van der Waals surface area contributed by atoms with Gasteiger partial charge in [0, 0.05) is 0 Å². The van der Waals surface area contributed by atoms with Gasteiger partial charge in [0.15, 0.2) is 5.13 Å². The minimum atomic E-state index is -3.65. The van der Waals surface area contributed by atoms with Gasteiger partial charge in [0.05, 0.1) is 16.0 Å². The second-order valence-corrected chi connectivity index (χ2v) is 6.54. The van der Waals surface area contributed by atoms with E-state index in [1.165, 1.54) is 12.3 Å². The van der Waals surface area contributed by atoms with Gasteiger partial charge >= 0.3 is 0 Å². The van der Waals surface area contributed by atoms with Gasteiger partial charge in [0.2, 0.25) is 0 Å². The molecule has 0 saturated carbocycles. The fraction of sp³-hybridized carbons (Fsp3) is 0.154. The van der Waals surface area contributed by atoms with Gasteiger partial charge < -0.3 is 5.11 Å². The van der Waals surface area contributed by atoms with Crippen LogP contribution in [-0.4, -0.2) is 25.1 Å². The van der Waals surface area contributed by atoms with E-state index in [1.807, 2.05) is 0 Å². The molecule has 0 aliphatic rings. The molecule has 2 aromatic rings. The first kappa shape index (κ1) is 14.5. The number of hydrogen-bond donors (Lipinski definition) is 2. The highest BCUT2D eigenvalue weighted by atomic mass is 32.2. The number of aliphatic hydroxyl groups excluding tert-OH is 1. The summed E-state index contributed by atoms with van der Waals surface area (Å²) in [4.78, 5) is 4.76. The van der Waals surface area contributed by atoms with Crippen molar-refractivity contribution >= 4 is 26.5 Å². The second kappa shape index (κ2) is 6.05. The van der Waals surface area contributed by atoms with Crippen LogP contribution in [-0.2, 0) is 10.0 Å². The van der Waals surface area contributed by atoms with Crippen molar-refractivity contribution in [2.24, 2.45) is 0 Å². The quantitative estimate of drug-likeness (QED) is 0.844. The maximum Gasteiger partial charge on any atom is 0.263 e. The minimum Gasteiger partial charge on any atom is -0.384 e. The fourth-order valence-corrected chi connectivity index (χ4v) is 3.71. The number of aromatic nitrogens is 1. The van der Waals surface area contributed by atoms with Crippen molar-refractivity contribution in [2.75, 3.05) is 11.3 Å². The number of nitrogens with one attached hydrogen (secondary N) is 1. The summed E-state index contributed by atoms with van der Waals surface area (Å²) in [5.74, 6) is 5.15. The molecule has 0 aliphatic carbocycles. The summed E-state index contributed by atoms with van der Waals surface area (Å²) in [5, 5.41) is 8.84. The second-order valence-electron chi connectivity index (χ2n) is 3.86. The first-order chi connectivity index (χ1) is 9.53. The van der Waals surface area contributed by atoms with Crippen LogP contribution >= 0.6 is 11.3 Å². The predicted octanol–water partition coefficient (Wildman–Crippen LogP) is 1.60. The van der Waals surface area contributed by atoms with Crippen LogP contribution in [0.1, 0.15) is 10.4 Å². The van der Waals surface area contributed by atoms with E-state index in [9.17, 15) is 8.42 Å². The summed E-state index contributed by atoms with van der Waals surface area (Å²) < 4.78 is 26.9. The molecule has 0 bridgehead atoms. The van der Waals surface area contributed by atoms with E-state index in [1.54, 1.807) is 25.1 Å². The average Bonchev–Trinajstić information content (AvgIpc) is 2.83. The molecule has 2 N–H and O–H groups in total. The maximum absolute atomic E-state index is 12.2. The molecule has 2 rings (SSSR count). The minimum absolute atomic E-state index is 0.221. The zero-order chi connectivity index (χ0) is 14.6. The lowest BCUT2D eigenvalue weighted by atomic mass is 10.2. The zero-order valence-electron chi connectivity index (χ0n) is 10.6. The van der Waals surface area contributed by atoms with Crippen LogP contribution in [0.2, 0.25) is 0 Å². The van der Waals surface area contributed by atoms with Gasteiger partial charge in [-0.3, -0.25) is 4.72 Å². The monoisotopic (exact) mass is 308 g/mol. The molecule has 5 nitrogen and oxygen atoms in total. The van der Waals surface area contributed by atoms with Gasteiger partial charge in [0.25, 0.3) is 10.0 Å². The summed E-state index contributed by atoms with van der Waals surface area (Å²) >= 11 is 1.11. The normalized spacial score (nSPS) is 10.7. The van der Waals surface area contributed by atoms with E-state index in [0.29, 0.717) is 10.4 Å². The number of aryl methyl sites for hydroxylation is 1. The Balaban J connectivity index is 2.25. The van der Waals surface area contributed by atoms with Crippen LogP contribution < -0.4 is 4.72 Å². The molecular weight excluding hydrogens is 296 g/mol. The van der Waals surface area contributed by atoms with Gasteiger partial charge in [-0.1, -0.05) is 41.4 Å². The van der Waals surface area contributed by atoms with E-state index in [0.717, 1.165) is 11.3 Å². The Bertz CT molecular complexity index is 770. The molecule has 1 aromatic heterocycles. The van der Waals surface area contributed by atoms with Gasteiger partial charge in [-0.15, -0.1) is 0 Å². The number of thiazole rings is 1. The number of sulfonamides is 1. The molecule has 0 aliphatic heterocycles. The summed E-state index contributed by atoms with van der Waals surface area (Å²) in [6.45, 7) is 1.48. The Morgan fingerprint density at radius 3 is 2.85 bits per heavy atom. The molecule has 1 heterocycles. The lowest BCUT2D eigenvalue weighted by molar-refractivity contribution is 0.350. The van der Waals surface area contributed by atoms with Crippen LogP contribution in [0.3, 0.4) is 0 Å². The third-order valence-corrected chi connectivity index (χ3v) is 4.86. The third kappa shape index (κ3) is 3.36. The number of aliphatic hydroxyl groups is 1. The lowest BCUT2D eigenvalue weighted by Crippen LogP contribution is -2.13. The van der Waals surface area contributed by atoms with Gasteiger partial charge in [-0.05, 0) is 18.6 Å². The van der Waals surface area contributed by atoms with E-state index in [4.69, 9.17) is 5.11 Å². The van der Waals surface area contributed by atoms with Crippen molar-refractivity contribution in [1.29, 1.82) is 0 Å². The first-order valence-corrected chi connectivity index (χ1v) is 7.97. The molecule has 0 unspecified atom stereocenters. The van der Waals surface area contributed by atoms with Crippen molar-refractivity contribution in [3.8, 4) is 11.8 Å². The fourth-order valence-electron chi connectivity index (χ4n) is 1.53. The molecule has 0 spiro atoms. The molecule has 20 heavy (non-hydrogen) atoms. The summed E-state index contributed by atoms with van der Waals surface area (Å²) in [5.41, 5.74) is 0.664. The molecule has 0 radical (unpaired) electrons. The molecule has 7 heteroatoms. The number of anilines is 1. The Morgan fingerprint density at radius 1 is 1.40 bits per heavy atom. The van der Waals surface area contributed by atoms with Crippen LogP contribution in [0.25, 0.3) is 0 Å². The van der Waals surface area contributed by atoms with Crippen molar-refractivity contribution < 1.29 is 13.5 Å². The van der Waals surface area contributed by atoms with Crippen LogP contribution in [0.5, 0.6) is 0 Å². The van der Waals surface area contributed by atoms with Crippen molar-refractivity contribution in [1.82, 2.24) is 4.98 Å². The predicted molar refractivity (Wildman–Crippen MR) is 78.1 cm³/mol. The number of benzene rings is 1. The topological polar surface area (TPSA) is 79.3 Å². The summed E-state index contributed by atoms with van der Waals surface area (Å²) in [7, 11) is -3.65. The van der Waals surface area contributed by atoms with Crippen molar-refractivity contribution in [3.63, 3.8) is 0 Å². The highest BCUT2D eigenvalue weighted by Crippen LogP contribution is 2.22. The largest absolute Gasteiger partial charge is 0.384 e.